The molecule has 1 aromatic rings. The van der Waals surface area contributed by atoms with Gasteiger partial charge in [-0.25, -0.2) is 4.98 Å². The van der Waals surface area contributed by atoms with Crippen molar-refractivity contribution in [2.45, 2.75) is 13.0 Å². The van der Waals surface area contributed by atoms with Gasteiger partial charge in [0.1, 0.15) is 11.7 Å². The first-order chi connectivity index (χ1) is 9.69. The molecular weight excluding hydrogens is 276 g/mol. The molecule has 1 aliphatic heterocycles. The summed E-state index contributed by atoms with van der Waals surface area (Å²) in [6, 6.07) is 6.11. The molecule has 1 N–H and O–H groups in total. The van der Waals surface area contributed by atoms with Gasteiger partial charge >= 0.3 is 0 Å². The lowest BCUT2D eigenvalue weighted by molar-refractivity contribution is -0.119. The van der Waals surface area contributed by atoms with Crippen LogP contribution in [0.5, 0.6) is 0 Å². The monoisotopic (exact) mass is 296 g/mol. The number of piperazine rings is 1. The molecule has 6 heteroatoms. The molecule has 1 aromatic heterocycles. The predicted octanol–water partition coefficient (Wildman–Crippen LogP) is 0.947. The van der Waals surface area contributed by atoms with Gasteiger partial charge < -0.3 is 10.2 Å². The Bertz CT molecular complexity index is 420. The van der Waals surface area contributed by atoms with Crippen LogP contribution in [0.4, 0.5) is 5.82 Å². The Labute approximate surface area is 124 Å². The minimum absolute atomic E-state index is 0.0256. The van der Waals surface area contributed by atoms with Crippen molar-refractivity contribution in [1.29, 1.82) is 0 Å². The highest BCUT2D eigenvalue weighted by Gasteiger charge is 2.19. The Balaban J connectivity index is 1.75. The maximum absolute atomic E-state index is 11.2. The van der Waals surface area contributed by atoms with Crippen molar-refractivity contribution in [3.05, 3.63) is 24.4 Å². The van der Waals surface area contributed by atoms with Gasteiger partial charge in [0.15, 0.2) is 0 Å². The number of carbonyl (C=O) groups excluding carboxylic acids is 1. The Morgan fingerprint density at radius 3 is 2.75 bits per heavy atom. The second-order valence-corrected chi connectivity index (χ2v) is 5.35. The number of aromatic nitrogens is 1. The van der Waals surface area contributed by atoms with Gasteiger partial charge in [-0.15, -0.1) is 11.6 Å². The molecule has 0 saturated carbocycles. The van der Waals surface area contributed by atoms with E-state index in [1.165, 1.54) is 0 Å². The number of nitrogens with one attached hydrogen (secondary N) is 1. The fraction of sp³-hybridized carbons (Fsp3) is 0.571. The quantitative estimate of drug-likeness (QED) is 0.822. The lowest BCUT2D eigenvalue weighted by atomic mass is 10.2. The summed E-state index contributed by atoms with van der Waals surface area (Å²) in [5, 5.41) is 2.88. The van der Waals surface area contributed by atoms with Crippen LogP contribution in [0.2, 0.25) is 0 Å². The molecule has 20 heavy (non-hydrogen) atoms. The minimum atomic E-state index is -0.105. The number of rotatable bonds is 5. The number of hydrogen-bond donors (Lipinski definition) is 1. The molecule has 1 amide bonds. The number of amides is 1. The van der Waals surface area contributed by atoms with Gasteiger partial charge in [-0.05, 0) is 19.1 Å². The number of carbonyl (C=O) groups is 1. The van der Waals surface area contributed by atoms with Crippen molar-refractivity contribution in [2.75, 3.05) is 43.5 Å². The standard InChI is InChI=1S/C14H21ClN4O/c1-12(17-14(20)10-15)11-18-6-8-19(9-7-18)13-4-2-3-5-16-13/h2-5,12H,6-11H2,1H3,(H,17,20). The largest absolute Gasteiger partial charge is 0.354 e. The molecule has 1 saturated heterocycles. The van der Waals surface area contributed by atoms with E-state index in [4.69, 9.17) is 11.6 Å². The molecule has 0 aromatic carbocycles. The summed E-state index contributed by atoms with van der Waals surface area (Å²) < 4.78 is 0. The van der Waals surface area contributed by atoms with E-state index in [1.54, 1.807) is 0 Å². The predicted molar refractivity (Wildman–Crippen MR) is 81.2 cm³/mol. The molecule has 2 rings (SSSR count). The van der Waals surface area contributed by atoms with Crippen LogP contribution in [0.3, 0.4) is 0 Å². The lowest BCUT2D eigenvalue weighted by Gasteiger charge is -2.36. The van der Waals surface area contributed by atoms with E-state index < -0.39 is 0 Å². The smallest absolute Gasteiger partial charge is 0.235 e. The van der Waals surface area contributed by atoms with Crippen molar-refractivity contribution in [2.24, 2.45) is 0 Å². The zero-order valence-electron chi connectivity index (χ0n) is 11.8. The van der Waals surface area contributed by atoms with E-state index in [9.17, 15) is 4.79 Å². The molecule has 0 spiro atoms. The summed E-state index contributed by atoms with van der Waals surface area (Å²) in [6.07, 6.45) is 1.82. The first kappa shape index (κ1) is 15.1. The van der Waals surface area contributed by atoms with Crippen LogP contribution in [0.1, 0.15) is 6.92 Å². The van der Waals surface area contributed by atoms with E-state index in [1.807, 2.05) is 31.3 Å². The zero-order valence-corrected chi connectivity index (χ0v) is 12.5. The third kappa shape index (κ3) is 4.35. The van der Waals surface area contributed by atoms with Crippen LogP contribution in [-0.4, -0.2) is 60.4 Å². The molecule has 110 valence electrons. The topological polar surface area (TPSA) is 48.5 Å². The maximum atomic E-state index is 11.2. The molecule has 0 radical (unpaired) electrons. The fourth-order valence-corrected chi connectivity index (χ4v) is 2.52. The first-order valence-corrected chi connectivity index (χ1v) is 7.46. The molecular formula is C14H21ClN4O. The summed E-state index contributed by atoms with van der Waals surface area (Å²) in [5.41, 5.74) is 0. The molecule has 2 heterocycles. The van der Waals surface area contributed by atoms with E-state index in [2.05, 4.69) is 20.1 Å². The Morgan fingerprint density at radius 2 is 2.15 bits per heavy atom. The SMILES string of the molecule is CC(CN1CCN(c2ccccn2)CC1)NC(=O)CCl. The molecule has 1 unspecified atom stereocenters. The number of pyridine rings is 1. The van der Waals surface area contributed by atoms with Gasteiger partial charge in [0.2, 0.25) is 5.91 Å². The highest BCUT2D eigenvalue weighted by molar-refractivity contribution is 6.27. The maximum Gasteiger partial charge on any atom is 0.235 e. The van der Waals surface area contributed by atoms with E-state index >= 15 is 0 Å². The van der Waals surface area contributed by atoms with Crippen molar-refractivity contribution >= 4 is 23.3 Å². The Kier molecular flexibility index (Phi) is 5.61. The van der Waals surface area contributed by atoms with E-state index in [0.717, 1.165) is 38.5 Å². The number of hydrogen-bond acceptors (Lipinski definition) is 4. The Hall–Kier alpha value is -1.33. The van der Waals surface area contributed by atoms with Crippen molar-refractivity contribution < 1.29 is 4.79 Å². The molecule has 0 aliphatic carbocycles. The van der Waals surface area contributed by atoms with Crippen molar-refractivity contribution in [3.63, 3.8) is 0 Å². The Morgan fingerprint density at radius 1 is 1.40 bits per heavy atom. The second kappa shape index (κ2) is 7.45. The number of alkyl halides is 1. The number of nitrogens with zero attached hydrogens (tertiary/aromatic N) is 3. The second-order valence-electron chi connectivity index (χ2n) is 5.08. The van der Waals surface area contributed by atoms with Crippen LogP contribution in [-0.2, 0) is 4.79 Å². The van der Waals surface area contributed by atoms with Gasteiger partial charge in [-0.1, -0.05) is 6.07 Å². The highest BCUT2D eigenvalue weighted by atomic mass is 35.5. The zero-order chi connectivity index (χ0) is 14.4. The molecule has 1 atom stereocenters. The summed E-state index contributed by atoms with van der Waals surface area (Å²) in [6.45, 7) is 6.77. The molecule has 5 nitrogen and oxygen atoms in total. The number of halogens is 1. The summed E-state index contributed by atoms with van der Waals surface area (Å²) >= 11 is 5.49. The fourth-order valence-electron chi connectivity index (χ4n) is 2.45. The van der Waals surface area contributed by atoms with Crippen molar-refractivity contribution in [1.82, 2.24) is 15.2 Å². The van der Waals surface area contributed by atoms with Gasteiger partial charge in [-0.2, -0.15) is 0 Å². The average molecular weight is 297 g/mol. The van der Waals surface area contributed by atoms with Crippen LogP contribution in [0.15, 0.2) is 24.4 Å². The van der Waals surface area contributed by atoms with Gasteiger partial charge in [0.05, 0.1) is 0 Å². The van der Waals surface area contributed by atoms with Gasteiger partial charge in [-0.3, -0.25) is 9.69 Å². The number of anilines is 1. The summed E-state index contributed by atoms with van der Waals surface area (Å²) in [5.74, 6) is 0.958. The summed E-state index contributed by atoms with van der Waals surface area (Å²) in [4.78, 5) is 20.2. The van der Waals surface area contributed by atoms with E-state index in [-0.39, 0.29) is 17.8 Å². The first-order valence-electron chi connectivity index (χ1n) is 6.92. The third-order valence-corrected chi connectivity index (χ3v) is 3.65. The van der Waals surface area contributed by atoms with Crippen molar-refractivity contribution in [3.8, 4) is 0 Å². The highest BCUT2D eigenvalue weighted by Crippen LogP contribution is 2.12. The average Bonchev–Trinajstić information content (AvgIpc) is 2.48. The van der Waals surface area contributed by atoms with Crippen LogP contribution in [0, 0.1) is 0 Å². The van der Waals surface area contributed by atoms with Crippen LogP contribution >= 0.6 is 11.6 Å². The summed E-state index contributed by atoms with van der Waals surface area (Å²) in [7, 11) is 0. The molecule has 1 fully saturated rings. The van der Waals surface area contributed by atoms with E-state index in [0.29, 0.717) is 0 Å². The lowest BCUT2D eigenvalue weighted by Crippen LogP contribution is -2.51. The van der Waals surface area contributed by atoms with Gasteiger partial charge in [0, 0.05) is 45.0 Å². The normalized spacial score (nSPS) is 17.8. The van der Waals surface area contributed by atoms with Crippen LogP contribution in [0.25, 0.3) is 0 Å². The molecule has 1 aliphatic rings. The minimum Gasteiger partial charge on any atom is -0.354 e. The van der Waals surface area contributed by atoms with Crippen LogP contribution < -0.4 is 10.2 Å². The molecule has 0 bridgehead atoms. The van der Waals surface area contributed by atoms with Gasteiger partial charge in [0.25, 0.3) is 0 Å². The third-order valence-electron chi connectivity index (χ3n) is 3.41.